The first kappa shape index (κ1) is 23.0. The van der Waals surface area contributed by atoms with Gasteiger partial charge in [-0.1, -0.05) is 39.5 Å². The summed E-state index contributed by atoms with van der Waals surface area (Å²) in [7, 11) is -3.65. The number of carbonyl (C=O) groups excluding carboxylic acids is 1. The Morgan fingerprint density at radius 2 is 1.81 bits per heavy atom. The first-order valence-corrected chi connectivity index (χ1v) is 13.1. The fourth-order valence-corrected chi connectivity index (χ4v) is 6.50. The number of hydrogen-bond acceptors (Lipinski definition) is 5. The molecule has 32 heavy (non-hydrogen) atoms. The third-order valence-electron chi connectivity index (χ3n) is 7.20. The van der Waals surface area contributed by atoms with E-state index in [-0.39, 0.29) is 29.0 Å². The number of oxazole rings is 1. The van der Waals surface area contributed by atoms with Crippen molar-refractivity contribution < 1.29 is 17.6 Å². The molecule has 1 saturated carbocycles. The highest BCUT2D eigenvalue weighted by molar-refractivity contribution is 7.89. The van der Waals surface area contributed by atoms with E-state index in [0.29, 0.717) is 30.4 Å². The molecule has 1 N–H and O–H groups in total. The minimum absolute atomic E-state index is 0.102. The summed E-state index contributed by atoms with van der Waals surface area (Å²) in [6.45, 7) is 5.21. The zero-order valence-corrected chi connectivity index (χ0v) is 19.7. The second-order valence-corrected chi connectivity index (χ2v) is 11.3. The van der Waals surface area contributed by atoms with Crippen LogP contribution in [0.4, 0.5) is 0 Å². The van der Waals surface area contributed by atoms with Crippen LogP contribution in [0.5, 0.6) is 0 Å². The molecule has 9 heteroatoms. The van der Waals surface area contributed by atoms with Gasteiger partial charge in [0.2, 0.25) is 15.9 Å². The van der Waals surface area contributed by atoms with Crippen molar-refractivity contribution in [1.82, 2.24) is 14.2 Å². The highest BCUT2D eigenvalue weighted by atomic mass is 32.2. The minimum atomic E-state index is -3.65. The molecule has 3 atom stereocenters. The topological polar surface area (TPSA) is 102 Å². The van der Waals surface area contributed by atoms with Crippen molar-refractivity contribution in [3.63, 3.8) is 0 Å². The van der Waals surface area contributed by atoms with E-state index < -0.39 is 15.8 Å². The molecule has 2 fully saturated rings. The molecular formula is C23H33N3O5S. The number of nitrogens with zero attached hydrogens (tertiary/aromatic N) is 2. The van der Waals surface area contributed by atoms with Crippen LogP contribution in [-0.2, 0) is 21.4 Å². The van der Waals surface area contributed by atoms with Gasteiger partial charge in [0.1, 0.15) is 6.54 Å². The van der Waals surface area contributed by atoms with Crippen LogP contribution in [0.2, 0.25) is 0 Å². The second kappa shape index (κ2) is 9.39. The number of fused-ring (bicyclic) bond motifs is 1. The maximum absolute atomic E-state index is 13.1. The van der Waals surface area contributed by atoms with Gasteiger partial charge in [-0.05, 0) is 43.2 Å². The van der Waals surface area contributed by atoms with E-state index in [9.17, 15) is 18.0 Å². The molecule has 1 aliphatic heterocycles. The fraction of sp³-hybridized carbons (Fsp3) is 0.652. The Morgan fingerprint density at radius 1 is 1.09 bits per heavy atom. The van der Waals surface area contributed by atoms with Crippen molar-refractivity contribution >= 4 is 27.0 Å². The molecule has 0 bridgehead atoms. The molecule has 2 heterocycles. The third kappa shape index (κ3) is 4.64. The molecule has 1 saturated heterocycles. The van der Waals surface area contributed by atoms with Gasteiger partial charge in [0.05, 0.1) is 10.4 Å². The van der Waals surface area contributed by atoms with Crippen LogP contribution in [-0.4, -0.2) is 42.3 Å². The summed E-state index contributed by atoms with van der Waals surface area (Å²) in [5, 5.41) is 3.07. The number of amides is 1. The minimum Gasteiger partial charge on any atom is -0.408 e. The summed E-state index contributed by atoms with van der Waals surface area (Å²) in [6, 6.07) is 4.56. The van der Waals surface area contributed by atoms with Crippen LogP contribution in [0.25, 0.3) is 11.1 Å². The second-order valence-electron chi connectivity index (χ2n) is 9.34. The van der Waals surface area contributed by atoms with Gasteiger partial charge in [0, 0.05) is 25.2 Å². The maximum atomic E-state index is 13.1. The largest absolute Gasteiger partial charge is 0.420 e. The lowest BCUT2D eigenvalue weighted by Gasteiger charge is -2.34. The average Bonchev–Trinajstić information content (AvgIpc) is 2.93. The molecule has 1 amide bonds. The summed E-state index contributed by atoms with van der Waals surface area (Å²) in [6.07, 6.45) is 6.95. The van der Waals surface area contributed by atoms with E-state index in [1.54, 1.807) is 6.07 Å². The molecule has 2 aliphatic rings. The average molecular weight is 464 g/mol. The number of aromatic nitrogens is 1. The predicted molar refractivity (Wildman–Crippen MR) is 122 cm³/mol. The smallest absolute Gasteiger partial charge is 0.408 e. The molecule has 176 valence electrons. The monoisotopic (exact) mass is 463 g/mol. The highest BCUT2D eigenvalue weighted by Gasteiger charge is 2.29. The molecule has 8 nitrogen and oxygen atoms in total. The SMILES string of the molecule is C[C@H]1[C@H](C)CCC[C@@H]1NC(=O)Cn1c(=O)oc2cc(S(=O)(=O)N3CCCCCC3)ccc21. The van der Waals surface area contributed by atoms with E-state index in [1.807, 2.05) is 0 Å². The van der Waals surface area contributed by atoms with Crippen molar-refractivity contribution in [2.24, 2.45) is 11.8 Å². The summed E-state index contributed by atoms with van der Waals surface area (Å²) >= 11 is 0. The van der Waals surface area contributed by atoms with Gasteiger partial charge in [-0.3, -0.25) is 9.36 Å². The molecule has 0 spiro atoms. The van der Waals surface area contributed by atoms with Crippen molar-refractivity contribution in [2.45, 2.75) is 76.3 Å². The Morgan fingerprint density at radius 3 is 2.53 bits per heavy atom. The van der Waals surface area contributed by atoms with Crippen molar-refractivity contribution in [2.75, 3.05) is 13.1 Å². The Labute approximate surface area is 189 Å². The lowest BCUT2D eigenvalue weighted by atomic mass is 9.78. The Balaban J connectivity index is 1.53. The Bertz CT molecular complexity index is 1130. The normalized spacial score (nSPS) is 25.5. The van der Waals surface area contributed by atoms with Crippen LogP contribution in [0, 0.1) is 11.8 Å². The van der Waals surface area contributed by atoms with Gasteiger partial charge in [0.15, 0.2) is 5.58 Å². The summed E-state index contributed by atoms with van der Waals surface area (Å²) in [5.41, 5.74) is 0.600. The molecule has 0 radical (unpaired) electrons. The van der Waals surface area contributed by atoms with E-state index in [0.717, 1.165) is 38.5 Å². The van der Waals surface area contributed by atoms with E-state index in [2.05, 4.69) is 19.2 Å². The number of sulfonamides is 1. The molecule has 1 aliphatic carbocycles. The lowest BCUT2D eigenvalue weighted by Crippen LogP contribution is -2.45. The first-order chi connectivity index (χ1) is 15.3. The molecule has 2 aromatic rings. The fourth-order valence-electron chi connectivity index (χ4n) is 4.97. The lowest BCUT2D eigenvalue weighted by molar-refractivity contribution is -0.123. The van der Waals surface area contributed by atoms with E-state index >= 15 is 0 Å². The van der Waals surface area contributed by atoms with Crippen molar-refractivity contribution in [1.29, 1.82) is 0 Å². The van der Waals surface area contributed by atoms with Gasteiger partial charge < -0.3 is 9.73 Å². The summed E-state index contributed by atoms with van der Waals surface area (Å²) in [5.74, 6) is 0.0416. The number of benzene rings is 1. The predicted octanol–water partition coefficient (Wildman–Crippen LogP) is 3.10. The molecule has 1 aromatic carbocycles. The highest BCUT2D eigenvalue weighted by Crippen LogP contribution is 2.29. The van der Waals surface area contributed by atoms with Gasteiger partial charge >= 0.3 is 5.76 Å². The third-order valence-corrected chi connectivity index (χ3v) is 9.09. The number of rotatable bonds is 5. The Kier molecular flexibility index (Phi) is 6.76. The van der Waals surface area contributed by atoms with E-state index in [1.165, 1.54) is 27.4 Å². The van der Waals surface area contributed by atoms with Gasteiger partial charge in [-0.2, -0.15) is 4.31 Å². The molecule has 4 rings (SSSR count). The van der Waals surface area contributed by atoms with Crippen LogP contribution in [0.15, 0.2) is 32.3 Å². The van der Waals surface area contributed by atoms with Crippen molar-refractivity contribution in [3.8, 4) is 0 Å². The number of hydrogen-bond donors (Lipinski definition) is 1. The van der Waals surface area contributed by atoms with Crippen molar-refractivity contribution in [3.05, 3.63) is 28.7 Å². The summed E-state index contributed by atoms with van der Waals surface area (Å²) < 4.78 is 34.2. The molecular weight excluding hydrogens is 430 g/mol. The Hall–Kier alpha value is -2.13. The van der Waals surface area contributed by atoms with Crippen LogP contribution in [0.3, 0.4) is 0 Å². The van der Waals surface area contributed by atoms with Gasteiger partial charge in [-0.15, -0.1) is 0 Å². The number of carbonyl (C=O) groups is 1. The van der Waals surface area contributed by atoms with E-state index in [4.69, 9.17) is 4.42 Å². The summed E-state index contributed by atoms with van der Waals surface area (Å²) in [4.78, 5) is 25.2. The first-order valence-electron chi connectivity index (χ1n) is 11.7. The number of nitrogens with one attached hydrogen (secondary N) is 1. The standard InChI is InChI=1S/C23H33N3O5S/c1-16-8-7-9-19(17(16)2)24-22(27)15-26-20-11-10-18(14-21(20)31-23(26)28)32(29,30)25-12-5-3-4-6-13-25/h10-11,14,16-17,19H,3-9,12-13,15H2,1-2H3,(H,24,27)/t16-,17+,19+/m1/s1. The molecule has 1 aromatic heterocycles. The zero-order chi connectivity index (χ0) is 22.9. The van der Waals surface area contributed by atoms with Crippen LogP contribution in [0.1, 0.15) is 58.8 Å². The quantitative estimate of drug-likeness (QED) is 0.734. The molecule has 0 unspecified atom stereocenters. The van der Waals surface area contributed by atoms with Gasteiger partial charge in [-0.25, -0.2) is 13.2 Å². The van der Waals surface area contributed by atoms with Crippen LogP contribution >= 0.6 is 0 Å². The van der Waals surface area contributed by atoms with Crippen LogP contribution < -0.4 is 11.1 Å². The van der Waals surface area contributed by atoms with Gasteiger partial charge in [0.25, 0.3) is 0 Å². The zero-order valence-electron chi connectivity index (χ0n) is 18.9. The maximum Gasteiger partial charge on any atom is 0.420 e.